The van der Waals surface area contributed by atoms with E-state index in [1.54, 1.807) is 20.8 Å². The topological polar surface area (TPSA) is 69.7 Å². The summed E-state index contributed by atoms with van der Waals surface area (Å²) >= 11 is 0. The lowest BCUT2D eigenvalue weighted by atomic mass is 9.88. The molecule has 0 saturated heterocycles. The van der Waals surface area contributed by atoms with E-state index in [1.165, 1.54) is 0 Å². The predicted molar refractivity (Wildman–Crippen MR) is 84.3 cm³/mol. The first-order valence-electron chi connectivity index (χ1n) is 8.32. The van der Waals surface area contributed by atoms with Gasteiger partial charge >= 0.3 is 11.9 Å². The van der Waals surface area contributed by atoms with Gasteiger partial charge in [-0.15, -0.1) is 0 Å². The molecule has 0 aliphatic rings. The van der Waals surface area contributed by atoms with Crippen molar-refractivity contribution in [2.45, 2.75) is 66.2 Å². The molecule has 0 aliphatic carbocycles. The van der Waals surface area contributed by atoms with Crippen molar-refractivity contribution < 1.29 is 23.9 Å². The van der Waals surface area contributed by atoms with Crippen LogP contribution in [0.4, 0.5) is 0 Å². The van der Waals surface area contributed by atoms with Crippen LogP contribution in [0.2, 0.25) is 0 Å². The summed E-state index contributed by atoms with van der Waals surface area (Å²) in [5, 5.41) is 0. The molecule has 128 valence electrons. The molecule has 0 aromatic carbocycles. The molecular weight excluding hydrogens is 284 g/mol. The van der Waals surface area contributed by atoms with Crippen LogP contribution in [0.1, 0.15) is 66.2 Å². The predicted octanol–water partition coefficient (Wildman–Crippen LogP) is 3.29. The van der Waals surface area contributed by atoms with Crippen molar-refractivity contribution in [3.05, 3.63) is 0 Å². The highest BCUT2D eigenvalue weighted by atomic mass is 16.6. The molecule has 1 unspecified atom stereocenters. The molecule has 0 saturated carbocycles. The number of Topliss-reactive ketones (excluding diaryl/α,β-unsaturated/α-hetero) is 1. The molecule has 0 amide bonds. The monoisotopic (exact) mass is 314 g/mol. The molecule has 0 heterocycles. The van der Waals surface area contributed by atoms with Crippen LogP contribution >= 0.6 is 0 Å². The van der Waals surface area contributed by atoms with Gasteiger partial charge in [0.1, 0.15) is 5.78 Å². The number of esters is 2. The standard InChI is InChI=1S/C17H30O5/c1-5-8-9-10-11-14(18)12-13(4)15(16(19)21-6-2)17(20)22-7-3/h13,15H,5-12H2,1-4H3. The second-order valence-corrected chi connectivity index (χ2v) is 5.51. The van der Waals surface area contributed by atoms with Gasteiger partial charge in [0.2, 0.25) is 0 Å². The molecule has 22 heavy (non-hydrogen) atoms. The summed E-state index contributed by atoms with van der Waals surface area (Å²) in [7, 11) is 0. The largest absolute Gasteiger partial charge is 0.465 e. The normalized spacial score (nSPS) is 12.0. The van der Waals surface area contributed by atoms with Crippen LogP contribution in [-0.2, 0) is 23.9 Å². The van der Waals surface area contributed by atoms with E-state index in [4.69, 9.17) is 9.47 Å². The summed E-state index contributed by atoms with van der Waals surface area (Å²) < 4.78 is 9.87. The number of rotatable bonds is 12. The highest BCUT2D eigenvalue weighted by molar-refractivity contribution is 5.96. The molecule has 0 aromatic heterocycles. The van der Waals surface area contributed by atoms with Crippen molar-refractivity contribution >= 4 is 17.7 Å². The Labute approximate surface area is 133 Å². The summed E-state index contributed by atoms with van der Waals surface area (Å²) in [5.41, 5.74) is 0. The Balaban J connectivity index is 4.54. The van der Waals surface area contributed by atoms with Crippen LogP contribution in [-0.4, -0.2) is 30.9 Å². The fourth-order valence-electron chi connectivity index (χ4n) is 2.35. The van der Waals surface area contributed by atoms with Gasteiger partial charge in [-0.05, 0) is 26.2 Å². The number of hydrogen-bond acceptors (Lipinski definition) is 5. The molecule has 1 atom stereocenters. The van der Waals surface area contributed by atoms with E-state index in [1.807, 2.05) is 0 Å². The van der Waals surface area contributed by atoms with Crippen LogP contribution in [0.3, 0.4) is 0 Å². The Morgan fingerprint density at radius 2 is 1.41 bits per heavy atom. The summed E-state index contributed by atoms with van der Waals surface area (Å²) in [5.74, 6) is -2.54. The molecule has 5 nitrogen and oxygen atoms in total. The third-order valence-corrected chi connectivity index (χ3v) is 3.51. The Morgan fingerprint density at radius 3 is 1.86 bits per heavy atom. The highest BCUT2D eigenvalue weighted by Gasteiger charge is 2.35. The van der Waals surface area contributed by atoms with Crippen molar-refractivity contribution in [3.63, 3.8) is 0 Å². The smallest absolute Gasteiger partial charge is 0.320 e. The van der Waals surface area contributed by atoms with Crippen molar-refractivity contribution in [2.24, 2.45) is 11.8 Å². The molecular formula is C17H30O5. The molecule has 0 spiro atoms. The quantitative estimate of drug-likeness (QED) is 0.314. The zero-order valence-electron chi connectivity index (χ0n) is 14.4. The highest BCUT2D eigenvalue weighted by Crippen LogP contribution is 2.21. The number of carbonyl (C=O) groups excluding carboxylic acids is 3. The van der Waals surface area contributed by atoms with Gasteiger partial charge in [-0.3, -0.25) is 14.4 Å². The van der Waals surface area contributed by atoms with Gasteiger partial charge in [-0.25, -0.2) is 0 Å². The first-order valence-corrected chi connectivity index (χ1v) is 8.32. The lowest BCUT2D eigenvalue weighted by Crippen LogP contribution is -2.34. The number of carbonyl (C=O) groups is 3. The molecule has 5 heteroatoms. The Hall–Kier alpha value is -1.39. The van der Waals surface area contributed by atoms with E-state index < -0.39 is 23.8 Å². The third kappa shape index (κ3) is 8.15. The van der Waals surface area contributed by atoms with Gasteiger partial charge < -0.3 is 9.47 Å². The lowest BCUT2D eigenvalue weighted by Gasteiger charge is -2.20. The molecule has 0 N–H and O–H groups in total. The first kappa shape index (κ1) is 20.6. The van der Waals surface area contributed by atoms with Gasteiger partial charge in [-0.1, -0.05) is 33.1 Å². The van der Waals surface area contributed by atoms with Crippen molar-refractivity contribution in [1.82, 2.24) is 0 Å². The minimum atomic E-state index is -1.01. The molecule has 0 aromatic rings. The van der Waals surface area contributed by atoms with E-state index in [-0.39, 0.29) is 25.4 Å². The van der Waals surface area contributed by atoms with E-state index in [9.17, 15) is 14.4 Å². The average molecular weight is 314 g/mol. The van der Waals surface area contributed by atoms with Gasteiger partial charge in [0, 0.05) is 12.8 Å². The van der Waals surface area contributed by atoms with Gasteiger partial charge in [-0.2, -0.15) is 0 Å². The Kier molecular flexibility index (Phi) is 11.4. The van der Waals surface area contributed by atoms with Crippen molar-refractivity contribution in [2.75, 3.05) is 13.2 Å². The van der Waals surface area contributed by atoms with E-state index >= 15 is 0 Å². The van der Waals surface area contributed by atoms with Crippen LogP contribution in [0.25, 0.3) is 0 Å². The van der Waals surface area contributed by atoms with Gasteiger partial charge in [0.15, 0.2) is 5.92 Å². The molecule has 0 fully saturated rings. The maximum absolute atomic E-state index is 12.0. The third-order valence-electron chi connectivity index (χ3n) is 3.51. The molecule has 0 bridgehead atoms. The van der Waals surface area contributed by atoms with Crippen molar-refractivity contribution in [3.8, 4) is 0 Å². The Morgan fingerprint density at radius 1 is 0.864 bits per heavy atom. The van der Waals surface area contributed by atoms with E-state index in [0.717, 1.165) is 25.7 Å². The second kappa shape index (κ2) is 12.2. The minimum absolute atomic E-state index is 0.0854. The maximum Gasteiger partial charge on any atom is 0.320 e. The van der Waals surface area contributed by atoms with Crippen LogP contribution in [0.5, 0.6) is 0 Å². The Bertz CT molecular complexity index is 333. The number of unbranched alkanes of at least 4 members (excludes halogenated alkanes) is 3. The van der Waals surface area contributed by atoms with Gasteiger partial charge in [0.05, 0.1) is 13.2 Å². The molecule has 0 rings (SSSR count). The summed E-state index contributed by atoms with van der Waals surface area (Å²) in [6.07, 6.45) is 4.85. The van der Waals surface area contributed by atoms with Crippen LogP contribution in [0, 0.1) is 11.8 Å². The zero-order valence-corrected chi connectivity index (χ0v) is 14.4. The van der Waals surface area contributed by atoms with Crippen LogP contribution < -0.4 is 0 Å². The number of ether oxygens (including phenoxy) is 2. The second-order valence-electron chi connectivity index (χ2n) is 5.51. The van der Waals surface area contributed by atoms with Gasteiger partial charge in [0.25, 0.3) is 0 Å². The number of hydrogen-bond donors (Lipinski definition) is 0. The minimum Gasteiger partial charge on any atom is -0.465 e. The molecule has 0 radical (unpaired) electrons. The average Bonchev–Trinajstić information content (AvgIpc) is 2.44. The summed E-state index contributed by atoms with van der Waals surface area (Å²) in [6, 6.07) is 0. The summed E-state index contributed by atoms with van der Waals surface area (Å²) in [4.78, 5) is 35.9. The lowest BCUT2D eigenvalue weighted by molar-refractivity contribution is -0.164. The van der Waals surface area contributed by atoms with Crippen molar-refractivity contribution in [1.29, 1.82) is 0 Å². The fourth-order valence-corrected chi connectivity index (χ4v) is 2.35. The summed E-state index contributed by atoms with van der Waals surface area (Å²) in [6.45, 7) is 7.61. The van der Waals surface area contributed by atoms with E-state index in [0.29, 0.717) is 6.42 Å². The molecule has 0 aliphatic heterocycles. The van der Waals surface area contributed by atoms with E-state index in [2.05, 4.69) is 6.92 Å². The fraction of sp³-hybridized carbons (Fsp3) is 0.824. The first-order chi connectivity index (χ1) is 10.5. The van der Waals surface area contributed by atoms with Crippen LogP contribution in [0.15, 0.2) is 0 Å². The zero-order chi connectivity index (χ0) is 17.0. The number of ketones is 1. The SMILES string of the molecule is CCCCCCC(=O)CC(C)C(C(=O)OCC)C(=O)OCC. The maximum atomic E-state index is 12.0.